The fourth-order valence-corrected chi connectivity index (χ4v) is 8.39. The Bertz CT molecular complexity index is 2130. The van der Waals surface area contributed by atoms with Crippen LogP contribution in [-0.4, -0.2) is 23.3 Å². The van der Waals surface area contributed by atoms with Gasteiger partial charge in [0.1, 0.15) is 0 Å². The number of benzene rings is 4. The van der Waals surface area contributed by atoms with Gasteiger partial charge in [-0.3, -0.25) is 9.97 Å². The number of nitrogens with zero attached hydrogens (tertiary/aromatic N) is 6. The van der Waals surface area contributed by atoms with Crippen LogP contribution in [0, 0.1) is 0 Å². The molecule has 0 saturated carbocycles. The molecule has 6 nitrogen and oxygen atoms in total. The maximum atomic E-state index is 4.82. The molecule has 2 aromatic heterocycles. The van der Waals surface area contributed by atoms with Crippen LogP contribution in [0.5, 0.6) is 0 Å². The molecular formula is C45H44N6. The van der Waals surface area contributed by atoms with Gasteiger partial charge in [0.2, 0.25) is 0 Å². The predicted octanol–water partition coefficient (Wildman–Crippen LogP) is 10.5. The van der Waals surface area contributed by atoms with Crippen LogP contribution in [0.25, 0.3) is 11.1 Å². The van der Waals surface area contributed by atoms with Gasteiger partial charge < -0.3 is 19.6 Å². The van der Waals surface area contributed by atoms with Crippen LogP contribution in [0.15, 0.2) is 134 Å². The molecule has 1 aliphatic carbocycles. The van der Waals surface area contributed by atoms with Crippen molar-refractivity contribution < 1.29 is 0 Å². The summed E-state index contributed by atoms with van der Waals surface area (Å²) in [6.45, 7) is 15.0. The molecule has 0 unspecified atom stereocenters. The second-order valence-corrected chi connectivity index (χ2v) is 16.1. The van der Waals surface area contributed by atoms with Gasteiger partial charge in [-0.05, 0) is 93.7 Å². The third-order valence-electron chi connectivity index (χ3n) is 11.0. The molecule has 0 N–H and O–H groups in total. The normalized spacial score (nSPS) is 15.9. The molecule has 4 aromatic carbocycles. The van der Waals surface area contributed by atoms with E-state index in [1.165, 1.54) is 56.4 Å². The van der Waals surface area contributed by atoms with Crippen molar-refractivity contribution in [2.75, 3.05) is 32.9 Å². The number of fused-ring (bicyclic) bond motifs is 5. The zero-order chi connectivity index (χ0) is 35.1. The van der Waals surface area contributed by atoms with Gasteiger partial charge in [0.15, 0.2) is 5.66 Å². The molecule has 6 aromatic rings. The molecule has 51 heavy (non-hydrogen) atoms. The summed E-state index contributed by atoms with van der Waals surface area (Å²) in [7, 11) is 0. The number of aromatic nitrogens is 2. The highest BCUT2D eigenvalue weighted by atomic mass is 15.5. The van der Waals surface area contributed by atoms with Gasteiger partial charge in [-0.1, -0.05) is 90.1 Å². The summed E-state index contributed by atoms with van der Waals surface area (Å²) in [4.78, 5) is 19.8. The summed E-state index contributed by atoms with van der Waals surface area (Å²) in [6, 6.07) is 40.2. The second kappa shape index (κ2) is 11.2. The number of para-hydroxylation sites is 4. The number of hydrogen-bond acceptors (Lipinski definition) is 6. The van der Waals surface area contributed by atoms with Gasteiger partial charge in [-0.2, -0.15) is 0 Å². The van der Waals surface area contributed by atoms with Gasteiger partial charge in [0.05, 0.1) is 36.1 Å². The minimum absolute atomic E-state index is 0.0316. The number of anilines is 6. The van der Waals surface area contributed by atoms with Crippen molar-refractivity contribution in [1.29, 1.82) is 0 Å². The van der Waals surface area contributed by atoms with Crippen LogP contribution in [0.1, 0.15) is 63.8 Å². The smallest absolute Gasteiger partial charge is 0.173 e. The van der Waals surface area contributed by atoms with E-state index in [0.717, 1.165) is 11.1 Å². The van der Waals surface area contributed by atoms with Crippen LogP contribution < -0.4 is 19.6 Å². The first-order valence-electron chi connectivity index (χ1n) is 18.0. The zero-order valence-corrected chi connectivity index (χ0v) is 30.3. The first-order chi connectivity index (χ1) is 24.6. The van der Waals surface area contributed by atoms with E-state index >= 15 is 0 Å². The fraction of sp³-hybridized carbons (Fsp3) is 0.244. The monoisotopic (exact) mass is 668 g/mol. The molecular weight excluding hydrogens is 625 g/mol. The van der Waals surface area contributed by atoms with Crippen LogP contribution >= 0.6 is 0 Å². The molecule has 6 heteroatoms. The van der Waals surface area contributed by atoms with E-state index in [4.69, 9.17) is 9.97 Å². The maximum absolute atomic E-state index is 4.82. The molecule has 0 fully saturated rings. The third-order valence-corrected chi connectivity index (χ3v) is 11.0. The maximum Gasteiger partial charge on any atom is 0.173 e. The lowest BCUT2D eigenvalue weighted by Crippen LogP contribution is -2.59. The van der Waals surface area contributed by atoms with Crippen molar-refractivity contribution in [1.82, 2.24) is 9.97 Å². The summed E-state index contributed by atoms with van der Waals surface area (Å²) in [5.41, 5.74) is 13.7. The third kappa shape index (κ3) is 4.69. The molecule has 9 rings (SSSR count). The lowest BCUT2D eigenvalue weighted by Gasteiger charge is -2.49. The fourth-order valence-electron chi connectivity index (χ4n) is 8.39. The lowest BCUT2D eigenvalue weighted by atomic mass is 9.87. The Labute approximate surface area is 301 Å². The van der Waals surface area contributed by atoms with Crippen molar-refractivity contribution in [2.24, 2.45) is 0 Å². The SMILES string of the molecule is CC(C)(C)c1cccc(N2CN(C3(N4CN(c5cccc(C(C)(C)C)c5)c5ccccc54)c4cnccc4-c4ccncc43)c3ccccc32)c1. The van der Waals surface area contributed by atoms with Gasteiger partial charge >= 0.3 is 0 Å². The molecule has 0 radical (unpaired) electrons. The summed E-state index contributed by atoms with van der Waals surface area (Å²) >= 11 is 0. The predicted molar refractivity (Wildman–Crippen MR) is 210 cm³/mol. The molecule has 2 aliphatic heterocycles. The Balaban J connectivity index is 1.28. The Morgan fingerprint density at radius 1 is 0.490 bits per heavy atom. The van der Waals surface area contributed by atoms with Crippen LogP contribution in [0.2, 0.25) is 0 Å². The minimum atomic E-state index is -0.758. The van der Waals surface area contributed by atoms with E-state index in [1.807, 2.05) is 12.4 Å². The molecule has 0 bridgehead atoms. The Morgan fingerprint density at radius 2 is 0.902 bits per heavy atom. The second-order valence-electron chi connectivity index (χ2n) is 16.1. The van der Waals surface area contributed by atoms with E-state index in [0.29, 0.717) is 13.3 Å². The minimum Gasteiger partial charge on any atom is -0.321 e. The Morgan fingerprint density at radius 3 is 1.31 bits per heavy atom. The van der Waals surface area contributed by atoms with Gasteiger partial charge in [-0.15, -0.1) is 0 Å². The summed E-state index contributed by atoms with van der Waals surface area (Å²) < 4.78 is 0. The highest BCUT2D eigenvalue weighted by molar-refractivity contribution is 5.93. The number of pyridine rings is 2. The van der Waals surface area contributed by atoms with E-state index in [-0.39, 0.29) is 10.8 Å². The molecule has 0 amide bonds. The highest BCUT2D eigenvalue weighted by Gasteiger charge is 2.57. The standard InChI is InChI=1S/C45H44N6/c1-43(2,3)31-13-11-15-33(25-31)48-29-50(41-19-9-7-17-39(41)48)45(37-27-46-23-21-35(37)36-22-24-47-28-38(36)45)51-30-49(40-18-8-10-20-42(40)51)34-16-12-14-32(26-34)44(4,5)6/h7-28H,29-30H2,1-6H3. The van der Waals surface area contributed by atoms with E-state index < -0.39 is 5.66 Å². The Kier molecular flexibility index (Phi) is 6.88. The highest BCUT2D eigenvalue weighted by Crippen LogP contribution is 2.60. The summed E-state index contributed by atoms with van der Waals surface area (Å²) in [6.07, 6.45) is 8.02. The first kappa shape index (κ1) is 31.4. The van der Waals surface area contributed by atoms with E-state index in [2.05, 4.69) is 183 Å². The van der Waals surface area contributed by atoms with Gasteiger partial charge in [0.25, 0.3) is 0 Å². The van der Waals surface area contributed by atoms with Crippen molar-refractivity contribution >= 4 is 34.1 Å². The topological polar surface area (TPSA) is 38.7 Å². The molecule has 3 aliphatic rings. The van der Waals surface area contributed by atoms with Crippen LogP contribution in [-0.2, 0) is 16.5 Å². The lowest BCUT2D eigenvalue weighted by molar-refractivity contribution is 0.469. The van der Waals surface area contributed by atoms with Crippen molar-refractivity contribution in [3.8, 4) is 11.1 Å². The average molecular weight is 669 g/mol. The van der Waals surface area contributed by atoms with Crippen LogP contribution in [0.4, 0.5) is 34.1 Å². The van der Waals surface area contributed by atoms with Crippen molar-refractivity contribution in [2.45, 2.75) is 58.0 Å². The molecule has 254 valence electrons. The molecule has 0 spiro atoms. The first-order valence-corrected chi connectivity index (χ1v) is 18.0. The van der Waals surface area contributed by atoms with Crippen LogP contribution in [0.3, 0.4) is 0 Å². The summed E-state index contributed by atoms with van der Waals surface area (Å²) in [5, 5.41) is 0. The van der Waals surface area contributed by atoms with Gasteiger partial charge in [0, 0.05) is 47.3 Å². The van der Waals surface area contributed by atoms with E-state index in [9.17, 15) is 0 Å². The summed E-state index contributed by atoms with van der Waals surface area (Å²) in [5.74, 6) is 0. The molecule has 0 saturated heterocycles. The zero-order valence-electron chi connectivity index (χ0n) is 30.3. The van der Waals surface area contributed by atoms with E-state index in [1.54, 1.807) is 0 Å². The van der Waals surface area contributed by atoms with Crippen molar-refractivity contribution in [3.05, 3.63) is 156 Å². The number of rotatable bonds is 4. The number of hydrogen-bond donors (Lipinski definition) is 0. The molecule has 4 heterocycles. The molecule has 0 atom stereocenters. The van der Waals surface area contributed by atoms with Gasteiger partial charge in [-0.25, -0.2) is 0 Å². The Hall–Kier alpha value is -5.62. The largest absolute Gasteiger partial charge is 0.321 e. The average Bonchev–Trinajstić information content (AvgIpc) is 3.81. The quantitative estimate of drug-likeness (QED) is 0.186. The van der Waals surface area contributed by atoms with Crippen molar-refractivity contribution in [3.63, 3.8) is 0 Å².